The van der Waals surface area contributed by atoms with Crippen LogP contribution in [-0.2, 0) is 13.8 Å². The average molecular weight is 401 g/mol. The highest BCUT2D eigenvalue weighted by Gasteiger charge is 2.22. The van der Waals surface area contributed by atoms with Crippen LogP contribution in [0.2, 0.25) is 0 Å². The van der Waals surface area contributed by atoms with Gasteiger partial charge in [0.2, 0.25) is 0 Å². The smallest absolute Gasteiger partial charge is 0.262 e. The molecule has 1 fully saturated rings. The van der Waals surface area contributed by atoms with Crippen molar-refractivity contribution in [1.29, 1.82) is 0 Å². The Morgan fingerprint density at radius 3 is 2.81 bits per heavy atom. The number of hydrogen-bond donors (Lipinski definition) is 1. The summed E-state index contributed by atoms with van der Waals surface area (Å²) in [5.41, 5.74) is -0.118. The van der Waals surface area contributed by atoms with Crippen LogP contribution in [0.15, 0.2) is 21.5 Å². The number of halogens is 3. The summed E-state index contributed by atoms with van der Waals surface area (Å²) < 4.78 is 41.5. The molecular formula is C12H12BrClFNO4S. The molecular weight excluding hydrogens is 389 g/mol. The molecule has 1 amide bonds. The fraction of sp³-hybridized carbons (Fsp3) is 0.417. The second-order valence-electron chi connectivity index (χ2n) is 4.55. The Hall–Kier alpha value is -0.700. The van der Waals surface area contributed by atoms with Crippen LogP contribution in [0.1, 0.15) is 23.2 Å². The Kier molecular flexibility index (Phi) is 5.24. The minimum absolute atomic E-state index is 0.0644. The summed E-state index contributed by atoms with van der Waals surface area (Å²) in [4.78, 5) is 11.5. The number of rotatable bonds is 4. The number of amides is 1. The molecule has 21 heavy (non-hydrogen) atoms. The summed E-state index contributed by atoms with van der Waals surface area (Å²) in [6.07, 6.45) is 1.71. The maximum atomic E-state index is 13.7. The first kappa shape index (κ1) is 16.7. The Balaban J connectivity index is 2.19. The van der Waals surface area contributed by atoms with Gasteiger partial charge in [-0.15, -0.1) is 0 Å². The van der Waals surface area contributed by atoms with E-state index in [-0.39, 0.29) is 16.1 Å². The van der Waals surface area contributed by atoms with Crippen molar-refractivity contribution in [2.45, 2.75) is 23.8 Å². The average Bonchev–Trinajstić information content (AvgIpc) is 2.90. The van der Waals surface area contributed by atoms with Crippen molar-refractivity contribution < 1.29 is 22.3 Å². The Morgan fingerprint density at radius 2 is 2.24 bits per heavy atom. The van der Waals surface area contributed by atoms with Gasteiger partial charge in [-0.3, -0.25) is 4.79 Å². The third kappa shape index (κ3) is 4.15. The Labute approximate surface area is 134 Å². The van der Waals surface area contributed by atoms with Gasteiger partial charge in [0, 0.05) is 29.4 Å². The highest BCUT2D eigenvalue weighted by molar-refractivity contribution is 9.10. The molecule has 0 spiro atoms. The normalized spacial score (nSPS) is 18.7. The van der Waals surface area contributed by atoms with Crippen LogP contribution in [0.3, 0.4) is 0 Å². The minimum Gasteiger partial charge on any atom is -0.376 e. The van der Waals surface area contributed by atoms with Crippen molar-refractivity contribution in [3.63, 3.8) is 0 Å². The van der Waals surface area contributed by atoms with Crippen LogP contribution in [0, 0.1) is 5.82 Å². The number of carbonyl (C=O) groups is 1. The molecule has 1 unspecified atom stereocenters. The lowest BCUT2D eigenvalue weighted by Crippen LogP contribution is -2.31. The first-order chi connectivity index (χ1) is 9.79. The summed E-state index contributed by atoms with van der Waals surface area (Å²) in [5.74, 6) is -1.46. The summed E-state index contributed by atoms with van der Waals surface area (Å²) in [6.45, 7) is 0.946. The third-order valence-electron chi connectivity index (χ3n) is 3.03. The SMILES string of the molecule is O=C(NCC1CCCO1)c1cc(F)c(Br)c(S(=O)(=O)Cl)c1. The second-order valence-corrected chi connectivity index (χ2v) is 7.88. The standard InChI is InChI=1S/C12H12BrClFNO4S/c13-11-9(15)4-7(5-10(11)21(14,18)19)12(17)16-6-8-2-1-3-20-8/h4-5,8H,1-3,6H2,(H,16,17). The van der Waals surface area contributed by atoms with Gasteiger partial charge >= 0.3 is 0 Å². The van der Waals surface area contributed by atoms with Crippen LogP contribution in [0.5, 0.6) is 0 Å². The van der Waals surface area contributed by atoms with E-state index in [9.17, 15) is 17.6 Å². The van der Waals surface area contributed by atoms with Crippen molar-refractivity contribution in [2.75, 3.05) is 13.2 Å². The molecule has 1 aliphatic heterocycles. The molecule has 1 atom stereocenters. The van der Waals surface area contributed by atoms with Gasteiger partial charge in [0.1, 0.15) is 10.7 Å². The molecule has 1 aromatic carbocycles. The van der Waals surface area contributed by atoms with E-state index in [2.05, 4.69) is 21.2 Å². The predicted molar refractivity (Wildman–Crippen MR) is 78.4 cm³/mol. The summed E-state index contributed by atoms with van der Waals surface area (Å²) in [5, 5.41) is 2.58. The van der Waals surface area contributed by atoms with Crippen molar-refractivity contribution in [3.05, 3.63) is 28.0 Å². The third-order valence-corrected chi connectivity index (χ3v) is 5.45. The van der Waals surface area contributed by atoms with Gasteiger partial charge in [-0.05, 0) is 40.9 Å². The first-order valence-corrected chi connectivity index (χ1v) is 9.23. The number of carbonyl (C=O) groups excluding carboxylic acids is 1. The maximum Gasteiger partial charge on any atom is 0.262 e. The van der Waals surface area contributed by atoms with Crippen molar-refractivity contribution in [3.8, 4) is 0 Å². The van der Waals surface area contributed by atoms with E-state index in [1.165, 1.54) is 0 Å². The van der Waals surface area contributed by atoms with E-state index >= 15 is 0 Å². The fourth-order valence-electron chi connectivity index (χ4n) is 1.99. The van der Waals surface area contributed by atoms with E-state index < -0.39 is 25.7 Å². The lowest BCUT2D eigenvalue weighted by Gasteiger charge is -2.11. The maximum absolute atomic E-state index is 13.7. The zero-order valence-corrected chi connectivity index (χ0v) is 13.9. The zero-order valence-electron chi connectivity index (χ0n) is 10.7. The van der Waals surface area contributed by atoms with E-state index in [4.69, 9.17) is 15.4 Å². The van der Waals surface area contributed by atoms with Gasteiger partial charge in [0.05, 0.1) is 10.6 Å². The van der Waals surface area contributed by atoms with Crippen molar-refractivity contribution >= 4 is 41.6 Å². The lowest BCUT2D eigenvalue weighted by molar-refractivity contribution is 0.0857. The molecule has 0 radical (unpaired) electrons. The number of hydrogen-bond acceptors (Lipinski definition) is 4. The molecule has 5 nitrogen and oxygen atoms in total. The molecule has 1 aliphatic rings. The van der Waals surface area contributed by atoms with Crippen LogP contribution in [0.25, 0.3) is 0 Å². The second kappa shape index (κ2) is 6.60. The zero-order chi connectivity index (χ0) is 15.6. The summed E-state index contributed by atoms with van der Waals surface area (Å²) in [6, 6.07) is 1.97. The van der Waals surface area contributed by atoms with Crippen LogP contribution >= 0.6 is 26.6 Å². The van der Waals surface area contributed by atoms with Crippen molar-refractivity contribution in [1.82, 2.24) is 5.32 Å². The topological polar surface area (TPSA) is 72.5 Å². The molecule has 0 bridgehead atoms. The molecule has 2 rings (SSSR count). The largest absolute Gasteiger partial charge is 0.376 e. The number of ether oxygens (including phenoxy) is 1. The predicted octanol–water partition coefficient (Wildman–Crippen LogP) is 2.42. The number of benzene rings is 1. The van der Waals surface area contributed by atoms with E-state index in [1.807, 2.05) is 0 Å². The molecule has 0 aliphatic carbocycles. The quantitative estimate of drug-likeness (QED) is 0.788. The minimum atomic E-state index is -4.16. The number of nitrogens with one attached hydrogen (secondary N) is 1. The fourth-order valence-corrected chi connectivity index (χ4v) is 4.08. The highest BCUT2D eigenvalue weighted by Crippen LogP contribution is 2.29. The molecule has 0 saturated carbocycles. The molecule has 1 N–H and O–H groups in total. The molecule has 1 saturated heterocycles. The van der Waals surface area contributed by atoms with E-state index in [0.717, 1.165) is 25.0 Å². The van der Waals surface area contributed by atoms with Gasteiger partial charge in [-0.2, -0.15) is 0 Å². The Morgan fingerprint density at radius 1 is 1.52 bits per heavy atom. The van der Waals surface area contributed by atoms with Crippen molar-refractivity contribution in [2.24, 2.45) is 0 Å². The van der Waals surface area contributed by atoms with Gasteiger partial charge < -0.3 is 10.1 Å². The molecule has 1 heterocycles. The summed E-state index contributed by atoms with van der Waals surface area (Å²) in [7, 11) is 1.06. The first-order valence-electron chi connectivity index (χ1n) is 6.12. The Bertz CT molecular complexity index is 661. The van der Waals surface area contributed by atoms with Gasteiger partial charge in [-0.25, -0.2) is 12.8 Å². The van der Waals surface area contributed by atoms with E-state index in [1.54, 1.807) is 0 Å². The van der Waals surface area contributed by atoms with Crippen LogP contribution in [-0.4, -0.2) is 33.6 Å². The highest BCUT2D eigenvalue weighted by atomic mass is 79.9. The van der Waals surface area contributed by atoms with Gasteiger partial charge in [-0.1, -0.05) is 0 Å². The molecule has 9 heteroatoms. The van der Waals surface area contributed by atoms with E-state index in [0.29, 0.717) is 13.2 Å². The monoisotopic (exact) mass is 399 g/mol. The molecule has 0 aromatic heterocycles. The lowest BCUT2D eigenvalue weighted by atomic mass is 10.2. The van der Waals surface area contributed by atoms with Gasteiger partial charge in [0.15, 0.2) is 0 Å². The molecule has 1 aromatic rings. The van der Waals surface area contributed by atoms with Gasteiger partial charge in [0.25, 0.3) is 15.0 Å². The molecule has 116 valence electrons. The van der Waals surface area contributed by atoms with Crippen LogP contribution in [0.4, 0.5) is 4.39 Å². The van der Waals surface area contributed by atoms with Crippen LogP contribution < -0.4 is 5.32 Å². The summed E-state index contributed by atoms with van der Waals surface area (Å²) >= 11 is 2.80.